The number of carbonyl (C=O) groups excluding carboxylic acids is 2. The Morgan fingerprint density at radius 2 is 1.91 bits per heavy atom. The van der Waals surface area contributed by atoms with Crippen LogP contribution in [0.5, 0.6) is 0 Å². The van der Waals surface area contributed by atoms with Crippen LogP contribution in [0.1, 0.15) is 20.2 Å². The number of ether oxygens (including phenoxy) is 1. The molecule has 2 heterocycles. The number of hydrogen-bond donors (Lipinski definition) is 0. The number of ketones is 1. The molecule has 3 aromatic rings. The van der Waals surface area contributed by atoms with Crippen molar-refractivity contribution in [3.05, 3.63) is 62.7 Å². The van der Waals surface area contributed by atoms with Gasteiger partial charge in [0.2, 0.25) is 5.78 Å². The number of thiophene rings is 1. The summed E-state index contributed by atoms with van der Waals surface area (Å²) in [7, 11) is 1.46. The molecule has 0 unspecified atom stereocenters. The summed E-state index contributed by atoms with van der Waals surface area (Å²) in [6.45, 7) is -0.363. The fourth-order valence-electron chi connectivity index (χ4n) is 2.16. The third-order valence-corrected chi connectivity index (χ3v) is 4.19. The van der Waals surface area contributed by atoms with Crippen LogP contribution in [-0.4, -0.2) is 28.1 Å². The highest BCUT2D eigenvalue weighted by Crippen LogP contribution is 2.15. The average molecular weight is 328 g/mol. The van der Waals surface area contributed by atoms with Gasteiger partial charge >= 0.3 is 5.97 Å². The molecule has 0 aliphatic heterocycles. The maximum absolute atomic E-state index is 12.2. The zero-order chi connectivity index (χ0) is 16.4. The van der Waals surface area contributed by atoms with Crippen LogP contribution in [0.15, 0.2) is 46.6 Å². The molecule has 0 saturated heterocycles. The van der Waals surface area contributed by atoms with Gasteiger partial charge in [0.15, 0.2) is 12.3 Å². The fourth-order valence-corrected chi connectivity index (χ4v) is 2.81. The van der Waals surface area contributed by atoms with Gasteiger partial charge in [-0.3, -0.25) is 9.59 Å². The molecule has 1 aromatic carbocycles. The van der Waals surface area contributed by atoms with E-state index in [4.69, 9.17) is 4.74 Å². The van der Waals surface area contributed by atoms with Crippen LogP contribution in [0.3, 0.4) is 0 Å². The Hall–Kier alpha value is -2.80. The molecule has 116 valence electrons. The van der Waals surface area contributed by atoms with Crippen molar-refractivity contribution in [3.8, 4) is 0 Å². The zero-order valence-corrected chi connectivity index (χ0v) is 13.0. The molecule has 0 saturated carbocycles. The number of hydrogen-bond acceptors (Lipinski definition) is 6. The number of fused-ring (bicyclic) bond motifs is 1. The number of rotatable bonds is 4. The Morgan fingerprint density at radius 3 is 2.61 bits per heavy atom. The maximum atomic E-state index is 12.2. The van der Waals surface area contributed by atoms with E-state index in [1.54, 1.807) is 41.8 Å². The van der Waals surface area contributed by atoms with Crippen molar-refractivity contribution in [2.75, 3.05) is 6.61 Å². The molecule has 0 N–H and O–H groups in total. The molecule has 0 amide bonds. The van der Waals surface area contributed by atoms with Gasteiger partial charge in [-0.1, -0.05) is 24.3 Å². The van der Waals surface area contributed by atoms with Crippen LogP contribution in [0.4, 0.5) is 0 Å². The highest BCUT2D eigenvalue weighted by atomic mass is 32.1. The minimum Gasteiger partial charge on any atom is -0.452 e. The van der Waals surface area contributed by atoms with Crippen molar-refractivity contribution in [2.24, 2.45) is 7.05 Å². The van der Waals surface area contributed by atoms with Gasteiger partial charge in [-0.15, -0.1) is 11.3 Å². The molecule has 23 heavy (non-hydrogen) atoms. The minimum absolute atomic E-state index is 0.0154. The van der Waals surface area contributed by atoms with Crippen LogP contribution < -0.4 is 5.56 Å². The van der Waals surface area contributed by atoms with Crippen LogP contribution >= 0.6 is 11.3 Å². The highest BCUT2D eigenvalue weighted by molar-refractivity contribution is 7.12. The van der Waals surface area contributed by atoms with E-state index in [2.05, 4.69) is 5.10 Å². The van der Waals surface area contributed by atoms with Gasteiger partial charge in [-0.2, -0.15) is 5.10 Å². The summed E-state index contributed by atoms with van der Waals surface area (Å²) in [6.07, 6.45) is 0. The first-order chi connectivity index (χ1) is 11.1. The van der Waals surface area contributed by atoms with E-state index in [-0.39, 0.29) is 23.6 Å². The Balaban J connectivity index is 1.88. The largest absolute Gasteiger partial charge is 0.452 e. The molecule has 3 rings (SSSR count). The lowest BCUT2D eigenvalue weighted by atomic mass is 10.1. The summed E-state index contributed by atoms with van der Waals surface area (Å²) in [5.74, 6) is -1.01. The second-order valence-electron chi connectivity index (χ2n) is 4.80. The van der Waals surface area contributed by atoms with Crippen molar-refractivity contribution in [2.45, 2.75) is 0 Å². The molecule has 0 fully saturated rings. The Kier molecular flexibility index (Phi) is 4.03. The molecule has 0 radical (unpaired) electrons. The molecule has 0 bridgehead atoms. The summed E-state index contributed by atoms with van der Waals surface area (Å²) in [4.78, 5) is 36.7. The third-order valence-electron chi connectivity index (χ3n) is 3.28. The number of carbonyl (C=O) groups is 2. The first-order valence-corrected chi connectivity index (χ1v) is 7.66. The lowest BCUT2D eigenvalue weighted by molar-refractivity contribution is 0.0470. The standard InChI is InChI=1S/C16H12N2O4S/c1-18-15(20)11-6-3-2-5-10(11)14(17-18)16(21)22-9-12(19)13-7-4-8-23-13/h2-8H,9H2,1H3. The second-order valence-corrected chi connectivity index (χ2v) is 5.75. The topological polar surface area (TPSA) is 78.3 Å². The molecule has 6 nitrogen and oxygen atoms in total. The number of esters is 1. The fraction of sp³-hybridized carbons (Fsp3) is 0.125. The van der Waals surface area contributed by atoms with Crippen LogP contribution in [0.2, 0.25) is 0 Å². The summed E-state index contributed by atoms with van der Waals surface area (Å²) < 4.78 is 6.14. The van der Waals surface area contributed by atoms with E-state index in [1.165, 1.54) is 18.4 Å². The van der Waals surface area contributed by atoms with E-state index in [0.29, 0.717) is 15.6 Å². The average Bonchev–Trinajstić information content (AvgIpc) is 3.10. The molecular formula is C16H12N2O4S. The molecule has 7 heteroatoms. The van der Waals surface area contributed by atoms with Crippen LogP contribution in [-0.2, 0) is 11.8 Å². The first-order valence-electron chi connectivity index (χ1n) is 6.78. The normalized spacial score (nSPS) is 10.7. The molecule has 2 aromatic heterocycles. The smallest absolute Gasteiger partial charge is 0.359 e. The van der Waals surface area contributed by atoms with E-state index in [9.17, 15) is 14.4 Å². The van der Waals surface area contributed by atoms with Gasteiger partial charge < -0.3 is 4.74 Å². The van der Waals surface area contributed by atoms with Gasteiger partial charge in [0.25, 0.3) is 5.56 Å². The van der Waals surface area contributed by atoms with Crippen LogP contribution in [0.25, 0.3) is 10.8 Å². The van der Waals surface area contributed by atoms with Gasteiger partial charge in [-0.05, 0) is 17.5 Å². The predicted octanol–water partition coefficient (Wildman–Crippen LogP) is 2.03. The highest BCUT2D eigenvalue weighted by Gasteiger charge is 2.18. The summed E-state index contributed by atoms with van der Waals surface area (Å²) >= 11 is 1.28. The monoisotopic (exact) mass is 328 g/mol. The first kappa shape index (κ1) is 15.1. The van der Waals surface area contributed by atoms with E-state index < -0.39 is 5.97 Å². The SMILES string of the molecule is Cn1nc(C(=O)OCC(=O)c2cccs2)c2ccccc2c1=O. The van der Waals surface area contributed by atoms with Crippen molar-refractivity contribution in [1.82, 2.24) is 9.78 Å². The minimum atomic E-state index is -0.735. The number of aryl methyl sites for hydroxylation is 1. The maximum Gasteiger partial charge on any atom is 0.359 e. The van der Waals surface area contributed by atoms with Crippen molar-refractivity contribution >= 4 is 33.9 Å². The Labute approximate surface area is 134 Å². The van der Waals surface area contributed by atoms with Crippen molar-refractivity contribution in [1.29, 1.82) is 0 Å². The van der Waals surface area contributed by atoms with E-state index >= 15 is 0 Å². The molecule has 0 spiro atoms. The number of benzene rings is 1. The molecular weight excluding hydrogens is 316 g/mol. The summed E-state index contributed by atoms with van der Waals surface area (Å²) in [5.41, 5.74) is -0.284. The Morgan fingerprint density at radius 1 is 1.17 bits per heavy atom. The molecule has 0 aliphatic carbocycles. The zero-order valence-electron chi connectivity index (χ0n) is 12.2. The molecule has 0 atom stereocenters. The van der Waals surface area contributed by atoms with Crippen LogP contribution in [0, 0.1) is 0 Å². The Bertz CT molecular complexity index is 944. The quantitative estimate of drug-likeness (QED) is 0.541. The van der Waals surface area contributed by atoms with E-state index in [0.717, 1.165) is 4.68 Å². The van der Waals surface area contributed by atoms with Gasteiger partial charge in [-0.25, -0.2) is 9.48 Å². The van der Waals surface area contributed by atoms with Gasteiger partial charge in [0, 0.05) is 12.4 Å². The number of Topliss-reactive ketones (excluding diaryl/α,β-unsaturated/α-hetero) is 1. The lowest BCUT2D eigenvalue weighted by Gasteiger charge is -2.07. The molecule has 0 aliphatic rings. The second kappa shape index (κ2) is 6.13. The summed E-state index contributed by atoms with van der Waals surface area (Å²) in [6, 6.07) is 10.1. The van der Waals surface area contributed by atoms with Gasteiger partial charge in [0.05, 0.1) is 10.3 Å². The van der Waals surface area contributed by atoms with E-state index in [1.807, 2.05) is 0 Å². The lowest BCUT2D eigenvalue weighted by Crippen LogP contribution is -2.24. The van der Waals surface area contributed by atoms with Gasteiger partial charge in [0.1, 0.15) is 0 Å². The summed E-state index contributed by atoms with van der Waals surface area (Å²) in [5, 5.41) is 6.52. The third kappa shape index (κ3) is 2.91. The number of nitrogens with zero attached hydrogens (tertiary/aromatic N) is 2. The van der Waals surface area contributed by atoms with Crippen molar-refractivity contribution < 1.29 is 14.3 Å². The van der Waals surface area contributed by atoms with Crippen molar-refractivity contribution in [3.63, 3.8) is 0 Å². The number of aromatic nitrogens is 2. The predicted molar refractivity (Wildman–Crippen MR) is 85.9 cm³/mol.